The average molecular weight is 473 g/mol. The summed E-state index contributed by atoms with van der Waals surface area (Å²) >= 11 is 0. The van der Waals surface area contributed by atoms with Gasteiger partial charge in [0.25, 0.3) is 5.91 Å². The van der Waals surface area contributed by atoms with Crippen LogP contribution in [0.4, 0.5) is 11.5 Å². The summed E-state index contributed by atoms with van der Waals surface area (Å²) in [4.78, 5) is 35.7. The van der Waals surface area contributed by atoms with Crippen molar-refractivity contribution in [3.63, 3.8) is 0 Å². The maximum atomic E-state index is 12.9. The minimum absolute atomic E-state index is 0.0109. The van der Waals surface area contributed by atoms with Crippen LogP contribution in [0.2, 0.25) is 0 Å². The largest absolute Gasteiger partial charge is 0.348 e. The molecular weight excluding hydrogens is 448 g/mol. The molecule has 1 N–H and O–H groups in total. The number of carbonyl (C=O) groups is 2. The number of hydrogen-bond acceptors (Lipinski definition) is 4. The zero-order chi connectivity index (χ0) is 24.2. The summed E-state index contributed by atoms with van der Waals surface area (Å²) < 4.78 is 11.6. The Morgan fingerprint density at radius 2 is 1.85 bits per heavy atom. The van der Waals surface area contributed by atoms with Crippen LogP contribution in [0.3, 0.4) is 0 Å². The van der Waals surface area contributed by atoms with Crippen LogP contribution in [-0.4, -0.2) is 34.3 Å². The smallest absolute Gasteiger partial charge is 0.253 e. The van der Waals surface area contributed by atoms with E-state index in [9.17, 15) is 13.8 Å². The predicted molar refractivity (Wildman–Crippen MR) is 131 cm³/mol. The van der Waals surface area contributed by atoms with Gasteiger partial charge in [-0.2, -0.15) is 0 Å². The Labute approximate surface area is 201 Å². The first-order valence-corrected chi connectivity index (χ1v) is 12.3. The standard InChI is InChI=1S/C26H24N4O3S/c1-27-22-8-4-18(5-9-22)15-29-25(31)21-14-19-13-20(26(32)30(2)24(19)28-16-21)12-17-6-10-23(11-7-17)34(3)33/h4-11,14,16,20H,12-13,15H2,2-3H3,(H,29,31). The van der Waals surface area contributed by atoms with Crippen LogP contribution in [0.1, 0.15) is 27.0 Å². The Morgan fingerprint density at radius 3 is 2.50 bits per heavy atom. The molecule has 7 nitrogen and oxygen atoms in total. The summed E-state index contributed by atoms with van der Waals surface area (Å²) in [5, 5.41) is 2.88. The number of aromatic nitrogens is 1. The SMILES string of the molecule is [C-]#[N+]c1ccc(CNC(=O)c2cnc3c(c2)CC(Cc2ccc(S(C)=O)cc2)C(=O)N3C)cc1. The van der Waals surface area contributed by atoms with E-state index in [0.29, 0.717) is 36.5 Å². The first kappa shape index (κ1) is 23.3. The lowest BCUT2D eigenvalue weighted by Crippen LogP contribution is -2.40. The van der Waals surface area contributed by atoms with Crippen molar-refractivity contribution in [2.24, 2.45) is 5.92 Å². The minimum Gasteiger partial charge on any atom is -0.348 e. The number of nitrogens with zero attached hydrogens (tertiary/aromatic N) is 3. The highest BCUT2D eigenvalue weighted by atomic mass is 32.2. The number of benzene rings is 2. The molecule has 0 saturated carbocycles. The molecule has 0 radical (unpaired) electrons. The molecule has 4 rings (SSSR count). The van der Waals surface area contributed by atoms with Gasteiger partial charge in [-0.1, -0.05) is 36.4 Å². The van der Waals surface area contributed by atoms with Gasteiger partial charge < -0.3 is 5.32 Å². The number of nitrogens with one attached hydrogen (secondary N) is 1. The molecule has 2 amide bonds. The molecule has 0 aliphatic carbocycles. The summed E-state index contributed by atoms with van der Waals surface area (Å²) in [7, 11) is 0.662. The fraction of sp³-hybridized carbons (Fsp3) is 0.231. The number of rotatable bonds is 6. The molecule has 1 aliphatic rings. The lowest BCUT2D eigenvalue weighted by molar-refractivity contribution is -0.122. The van der Waals surface area contributed by atoms with Gasteiger partial charge in [-0.15, -0.1) is 0 Å². The van der Waals surface area contributed by atoms with Crippen molar-refractivity contribution in [1.82, 2.24) is 10.3 Å². The second kappa shape index (κ2) is 9.98. The lowest BCUT2D eigenvalue weighted by Gasteiger charge is -2.30. The average Bonchev–Trinajstić information content (AvgIpc) is 2.86. The molecule has 2 unspecified atom stereocenters. The Hall–Kier alpha value is -3.83. The first-order valence-electron chi connectivity index (χ1n) is 10.8. The number of hydrogen-bond donors (Lipinski definition) is 1. The predicted octanol–water partition coefficient (Wildman–Crippen LogP) is 3.68. The monoisotopic (exact) mass is 472 g/mol. The van der Waals surface area contributed by atoms with Gasteiger partial charge in [0.15, 0.2) is 5.69 Å². The van der Waals surface area contributed by atoms with E-state index in [-0.39, 0.29) is 17.7 Å². The van der Waals surface area contributed by atoms with E-state index < -0.39 is 10.8 Å². The second-order valence-corrected chi connectivity index (χ2v) is 9.65. The van der Waals surface area contributed by atoms with Gasteiger partial charge in [0.2, 0.25) is 5.91 Å². The van der Waals surface area contributed by atoms with Gasteiger partial charge in [-0.25, -0.2) is 9.83 Å². The van der Waals surface area contributed by atoms with Gasteiger partial charge in [0.1, 0.15) is 5.82 Å². The van der Waals surface area contributed by atoms with Crippen LogP contribution in [-0.2, 0) is 35.0 Å². The van der Waals surface area contributed by atoms with E-state index in [0.717, 1.165) is 21.6 Å². The van der Waals surface area contributed by atoms with Crippen LogP contribution in [0.25, 0.3) is 4.85 Å². The van der Waals surface area contributed by atoms with E-state index in [1.54, 1.807) is 36.4 Å². The molecule has 0 bridgehead atoms. The Balaban J connectivity index is 1.47. The molecule has 8 heteroatoms. The highest BCUT2D eigenvalue weighted by Gasteiger charge is 2.32. The van der Waals surface area contributed by atoms with Crippen molar-refractivity contribution in [2.45, 2.75) is 24.3 Å². The molecule has 172 valence electrons. The molecule has 2 heterocycles. The van der Waals surface area contributed by atoms with E-state index in [2.05, 4.69) is 15.1 Å². The van der Waals surface area contributed by atoms with Gasteiger partial charge >= 0.3 is 0 Å². The summed E-state index contributed by atoms with van der Waals surface area (Å²) in [6, 6.07) is 16.3. The van der Waals surface area contributed by atoms with Gasteiger partial charge in [-0.3, -0.25) is 18.7 Å². The summed E-state index contributed by atoms with van der Waals surface area (Å²) in [5.41, 5.74) is 3.74. The molecule has 0 saturated heterocycles. The molecule has 1 aromatic heterocycles. The first-order chi connectivity index (χ1) is 16.4. The van der Waals surface area contributed by atoms with Crippen molar-refractivity contribution < 1.29 is 13.8 Å². The molecule has 3 aromatic rings. The number of amides is 2. The molecule has 2 atom stereocenters. The highest BCUT2D eigenvalue weighted by molar-refractivity contribution is 7.84. The Morgan fingerprint density at radius 1 is 1.18 bits per heavy atom. The quantitative estimate of drug-likeness (QED) is 0.555. The number of carbonyl (C=O) groups excluding carboxylic acids is 2. The summed E-state index contributed by atoms with van der Waals surface area (Å²) in [6.07, 6.45) is 4.17. The van der Waals surface area contributed by atoms with Crippen molar-refractivity contribution in [2.75, 3.05) is 18.2 Å². The minimum atomic E-state index is -1.04. The van der Waals surface area contributed by atoms with Crippen LogP contribution >= 0.6 is 0 Å². The zero-order valence-electron chi connectivity index (χ0n) is 18.9. The van der Waals surface area contributed by atoms with Crippen molar-refractivity contribution in [1.29, 1.82) is 0 Å². The fourth-order valence-corrected chi connectivity index (χ4v) is 4.56. The number of anilines is 1. The summed E-state index contributed by atoms with van der Waals surface area (Å²) in [5.74, 6) is 0.0489. The fourth-order valence-electron chi connectivity index (χ4n) is 4.04. The van der Waals surface area contributed by atoms with E-state index >= 15 is 0 Å². The molecule has 2 aromatic carbocycles. The lowest BCUT2D eigenvalue weighted by atomic mass is 9.88. The van der Waals surface area contributed by atoms with Gasteiger partial charge in [0.05, 0.1) is 12.1 Å². The third-order valence-electron chi connectivity index (χ3n) is 5.92. The third kappa shape index (κ3) is 5.05. The van der Waals surface area contributed by atoms with Crippen LogP contribution in [0.15, 0.2) is 65.7 Å². The van der Waals surface area contributed by atoms with Crippen molar-refractivity contribution in [3.8, 4) is 0 Å². The second-order valence-electron chi connectivity index (χ2n) is 8.27. The molecular formula is C26H24N4O3S. The summed E-state index contributed by atoms with van der Waals surface area (Å²) in [6.45, 7) is 7.35. The third-order valence-corrected chi connectivity index (χ3v) is 6.86. The van der Waals surface area contributed by atoms with Gasteiger partial charge in [-0.05, 0) is 47.7 Å². The van der Waals surface area contributed by atoms with Crippen LogP contribution < -0.4 is 10.2 Å². The van der Waals surface area contributed by atoms with Crippen molar-refractivity contribution >= 4 is 34.1 Å². The van der Waals surface area contributed by atoms with Crippen LogP contribution in [0, 0.1) is 12.5 Å². The Kier molecular flexibility index (Phi) is 6.85. The zero-order valence-corrected chi connectivity index (χ0v) is 19.8. The van der Waals surface area contributed by atoms with E-state index in [1.165, 1.54) is 6.20 Å². The maximum Gasteiger partial charge on any atom is 0.253 e. The normalized spacial score (nSPS) is 15.9. The van der Waals surface area contributed by atoms with E-state index in [1.807, 2.05) is 36.4 Å². The molecule has 1 aliphatic heterocycles. The molecule has 0 fully saturated rings. The van der Waals surface area contributed by atoms with Crippen LogP contribution in [0.5, 0.6) is 0 Å². The van der Waals surface area contributed by atoms with Crippen molar-refractivity contribution in [3.05, 3.63) is 94.5 Å². The molecule has 34 heavy (non-hydrogen) atoms. The maximum absolute atomic E-state index is 12.9. The molecule has 0 spiro atoms. The Bertz CT molecular complexity index is 1300. The topological polar surface area (TPSA) is 83.7 Å². The number of fused-ring (bicyclic) bond motifs is 1. The highest BCUT2D eigenvalue weighted by Crippen LogP contribution is 2.30. The number of pyridine rings is 1. The van der Waals surface area contributed by atoms with E-state index in [4.69, 9.17) is 6.57 Å². The van der Waals surface area contributed by atoms with Gasteiger partial charge in [0, 0.05) is 47.7 Å².